The van der Waals surface area contributed by atoms with Gasteiger partial charge in [-0.25, -0.2) is 0 Å². The van der Waals surface area contributed by atoms with Crippen molar-refractivity contribution in [2.45, 2.75) is 19.8 Å². The first-order valence-electron chi connectivity index (χ1n) is 4.92. The van der Waals surface area contributed by atoms with Gasteiger partial charge in [-0.3, -0.25) is 14.9 Å². The maximum absolute atomic E-state index is 11.2. The Morgan fingerprint density at radius 1 is 1.50 bits per heavy atom. The van der Waals surface area contributed by atoms with Crippen LogP contribution in [0.3, 0.4) is 0 Å². The van der Waals surface area contributed by atoms with E-state index in [2.05, 4.69) is 15.9 Å². The largest absolute Gasteiger partial charge is 0.298 e. The van der Waals surface area contributed by atoms with Gasteiger partial charge in [-0.2, -0.15) is 0 Å². The van der Waals surface area contributed by atoms with Crippen LogP contribution in [0.15, 0.2) is 18.2 Å². The molecule has 1 aromatic rings. The summed E-state index contributed by atoms with van der Waals surface area (Å²) < 4.78 is 0. The molecule has 1 rings (SSSR count). The minimum Gasteiger partial charge on any atom is -0.298 e. The zero-order valence-electron chi connectivity index (χ0n) is 8.90. The second kappa shape index (κ2) is 5.75. The van der Waals surface area contributed by atoms with Crippen molar-refractivity contribution in [3.8, 4) is 0 Å². The van der Waals surface area contributed by atoms with Crippen molar-refractivity contribution in [1.82, 2.24) is 0 Å². The summed E-state index contributed by atoms with van der Waals surface area (Å²) in [5.41, 5.74) is 1.42. The van der Waals surface area contributed by atoms with Gasteiger partial charge < -0.3 is 0 Å². The average Bonchev–Trinajstić information content (AvgIpc) is 2.29. The topological polar surface area (TPSA) is 60.2 Å². The molecule has 0 atom stereocenters. The highest BCUT2D eigenvalue weighted by atomic mass is 79.9. The first kappa shape index (κ1) is 12.8. The maximum Gasteiger partial charge on any atom is 0.273 e. The lowest BCUT2D eigenvalue weighted by molar-refractivity contribution is -0.385. The molecule has 0 amide bonds. The number of aryl methyl sites for hydroxylation is 1. The van der Waals surface area contributed by atoms with E-state index in [0.29, 0.717) is 5.56 Å². The standard InChI is InChI=1S/C11H12BrNO3/c1-2-8-3-4-9(6-10(14)7-12)11(5-8)13(15)16/h3-5H,2,6-7H2,1H3. The van der Waals surface area contributed by atoms with E-state index in [9.17, 15) is 14.9 Å². The van der Waals surface area contributed by atoms with Crippen molar-refractivity contribution in [3.05, 3.63) is 39.4 Å². The molecule has 0 fully saturated rings. The zero-order valence-corrected chi connectivity index (χ0v) is 10.5. The normalized spacial score (nSPS) is 10.1. The van der Waals surface area contributed by atoms with Gasteiger partial charge in [0.2, 0.25) is 0 Å². The third kappa shape index (κ3) is 3.13. The first-order valence-corrected chi connectivity index (χ1v) is 6.04. The summed E-state index contributed by atoms with van der Waals surface area (Å²) >= 11 is 3.04. The molecule has 0 aliphatic rings. The number of alkyl halides is 1. The minimum atomic E-state index is -0.435. The van der Waals surface area contributed by atoms with E-state index in [-0.39, 0.29) is 23.2 Å². The predicted molar refractivity (Wildman–Crippen MR) is 65.0 cm³/mol. The molecule has 0 saturated carbocycles. The van der Waals surface area contributed by atoms with Crippen LogP contribution in [-0.2, 0) is 17.6 Å². The number of nitro groups is 1. The second-order valence-corrected chi connectivity index (χ2v) is 3.98. The number of Topliss-reactive ketones (excluding diaryl/α,β-unsaturated/α-hetero) is 1. The Balaban J connectivity index is 3.08. The molecule has 0 saturated heterocycles. The number of hydrogen-bond acceptors (Lipinski definition) is 3. The SMILES string of the molecule is CCc1ccc(CC(=O)CBr)c([N+](=O)[O-])c1. The van der Waals surface area contributed by atoms with Crippen LogP contribution in [0, 0.1) is 10.1 Å². The van der Waals surface area contributed by atoms with Gasteiger partial charge in [0.05, 0.1) is 10.3 Å². The van der Waals surface area contributed by atoms with Gasteiger partial charge in [-0.15, -0.1) is 0 Å². The Morgan fingerprint density at radius 2 is 2.19 bits per heavy atom. The van der Waals surface area contributed by atoms with Crippen molar-refractivity contribution in [2.24, 2.45) is 0 Å². The maximum atomic E-state index is 11.2. The van der Waals surface area contributed by atoms with Gasteiger partial charge in [0.1, 0.15) is 5.78 Å². The van der Waals surface area contributed by atoms with Gasteiger partial charge in [0.15, 0.2) is 0 Å². The van der Waals surface area contributed by atoms with Crippen LogP contribution in [0.4, 0.5) is 5.69 Å². The van der Waals surface area contributed by atoms with Crippen LogP contribution in [0.2, 0.25) is 0 Å². The number of carbonyl (C=O) groups excluding carboxylic acids is 1. The number of nitrogens with zero attached hydrogens (tertiary/aromatic N) is 1. The van der Waals surface area contributed by atoms with Gasteiger partial charge in [0, 0.05) is 18.1 Å². The van der Waals surface area contributed by atoms with E-state index in [1.165, 1.54) is 6.07 Å². The van der Waals surface area contributed by atoms with Crippen molar-refractivity contribution in [3.63, 3.8) is 0 Å². The van der Waals surface area contributed by atoms with E-state index >= 15 is 0 Å². The molecule has 86 valence electrons. The first-order chi connectivity index (χ1) is 7.58. The number of halogens is 1. The Morgan fingerprint density at radius 3 is 2.69 bits per heavy atom. The number of rotatable bonds is 5. The average molecular weight is 286 g/mol. The van der Waals surface area contributed by atoms with E-state index < -0.39 is 4.92 Å². The summed E-state index contributed by atoms with van der Waals surface area (Å²) in [6.07, 6.45) is 0.846. The fourth-order valence-corrected chi connectivity index (χ4v) is 1.61. The van der Waals surface area contributed by atoms with Crippen LogP contribution in [0.25, 0.3) is 0 Å². The third-order valence-electron chi connectivity index (χ3n) is 2.29. The second-order valence-electron chi connectivity index (χ2n) is 3.42. The Kier molecular flexibility index (Phi) is 4.61. The number of nitro benzene ring substituents is 1. The molecule has 0 N–H and O–H groups in total. The summed E-state index contributed by atoms with van der Waals surface area (Å²) in [6.45, 7) is 1.93. The van der Waals surface area contributed by atoms with Crippen molar-refractivity contribution in [2.75, 3.05) is 5.33 Å². The fourth-order valence-electron chi connectivity index (χ4n) is 1.41. The Bertz CT molecular complexity index is 418. The van der Waals surface area contributed by atoms with E-state index in [4.69, 9.17) is 0 Å². The molecule has 0 radical (unpaired) electrons. The van der Waals surface area contributed by atoms with Crippen LogP contribution < -0.4 is 0 Å². The lowest BCUT2D eigenvalue weighted by atomic mass is 10.0. The van der Waals surface area contributed by atoms with Crippen LogP contribution in [-0.4, -0.2) is 16.0 Å². The van der Waals surface area contributed by atoms with Crippen molar-refractivity contribution < 1.29 is 9.72 Å². The molecular weight excluding hydrogens is 274 g/mol. The summed E-state index contributed by atoms with van der Waals surface area (Å²) in [4.78, 5) is 21.6. The highest BCUT2D eigenvalue weighted by Crippen LogP contribution is 2.21. The van der Waals surface area contributed by atoms with Crippen LogP contribution in [0.5, 0.6) is 0 Å². The summed E-state index contributed by atoms with van der Waals surface area (Å²) in [6, 6.07) is 5.03. The van der Waals surface area contributed by atoms with Crippen molar-refractivity contribution in [1.29, 1.82) is 0 Å². The molecular formula is C11H12BrNO3. The number of ketones is 1. The van der Waals surface area contributed by atoms with Crippen LogP contribution >= 0.6 is 15.9 Å². The minimum absolute atomic E-state index is 0.0358. The number of carbonyl (C=O) groups is 1. The highest BCUT2D eigenvalue weighted by molar-refractivity contribution is 9.09. The molecule has 0 aromatic heterocycles. The molecule has 0 aliphatic heterocycles. The number of hydrogen-bond donors (Lipinski definition) is 0. The molecule has 1 aromatic carbocycles. The van der Waals surface area contributed by atoms with E-state index in [1.54, 1.807) is 6.07 Å². The summed E-state index contributed by atoms with van der Waals surface area (Å²) in [5, 5.41) is 11.1. The summed E-state index contributed by atoms with van der Waals surface area (Å²) in [7, 11) is 0. The molecule has 0 unspecified atom stereocenters. The molecule has 16 heavy (non-hydrogen) atoms. The molecule has 4 nitrogen and oxygen atoms in total. The van der Waals surface area contributed by atoms with E-state index in [1.807, 2.05) is 13.0 Å². The van der Waals surface area contributed by atoms with Gasteiger partial charge in [0.25, 0.3) is 5.69 Å². The lowest BCUT2D eigenvalue weighted by Gasteiger charge is -2.03. The number of benzene rings is 1. The summed E-state index contributed by atoms with van der Waals surface area (Å²) in [5.74, 6) is -0.0626. The molecule has 0 bridgehead atoms. The molecule has 0 heterocycles. The van der Waals surface area contributed by atoms with E-state index in [0.717, 1.165) is 12.0 Å². The Hall–Kier alpha value is -1.23. The van der Waals surface area contributed by atoms with Crippen LogP contribution in [0.1, 0.15) is 18.1 Å². The van der Waals surface area contributed by atoms with Crippen molar-refractivity contribution >= 4 is 27.4 Å². The van der Waals surface area contributed by atoms with Gasteiger partial charge in [-0.1, -0.05) is 35.0 Å². The monoisotopic (exact) mass is 285 g/mol. The molecule has 5 heteroatoms. The smallest absolute Gasteiger partial charge is 0.273 e. The zero-order chi connectivity index (χ0) is 12.1. The van der Waals surface area contributed by atoms with Gasteiger partial charge in [-0.05, 0) is 12.0 Å². The Labute approximate surface area is 102 Å². The molecule has 0 aliphatic carbocycles. The predicted octanol–water partition coefficient (Wildman–Crippen LogP) is 2.66. The molecule has 0 spiro atoms. The fraction of sp³-hybridized carbons (Fsp3) is 0.364. The highest BCUT2D eigenvalue weighted by Gasteiger charge is 2.16. The quantitative estimate of drug-likeness (QED) is 0.475. The lowest BCUT2D eigenvalue weighted by Crippen LogP contribution is -2.06. The van der Waals surface area contributed by atoms with Gasteiger partial charge >= 0.3 is 0 Å². The third-order valence-corrected chi connectivity index (χ3v) is 2.92.